The van der Waals surface area contributed by atoms with E-state index < -0.39 is 23.7 Å². The second-order valence-corrected chi connectivity index (χ2v) is 8.04. The molecule has 1 aliphatic heterocycles. The average Bonchev–Trinajstić information content (AvgIpc) is 3.19. The van der Waals surface area contributed by atoms with Crippen molar-refractivity contribution in [1.29, 1.82) is 0 Å². The van der Waals surface area contributed by atoms with Crippen LogP contribution in [0.4, 0.5) is 4.79 Å². The number of ether oxygens (including phenoxy) is 3. The molecule has 7 nitrogen and oxygen atoms in total. The first-order valence-corrected chi connectivity index (χ1v) is 9.23. The van der Waals surface area contributed by atoms with Gasteiger partial charge < -0.3 is 14.2 Å². The van der Waals surface area contributed by atoms with E-state index in [4.69, 9.17) is 14.2 Å². The molecule has 0 unspecified atom stereocenters. The Kier molecular flexibility index (Phi) is 5.04. The fourth-order valence-corrected chi connectivity index (χ4v) is 3.66. The lowest BCUT2D eigenvalue weighted by molar-refractivity contribution is -0.145. The van der Waals surface area contributed by atoms with E-state index in [1.165, 1.54) is 12.0 Å². The van der Waals surface area contributed by atoms with Gasteiger partial charge in [-0.25, -0.2) is 14.6 Å². The summed E-state index contributed by atoms with van der Waals surface area (Å²) in [6.07, 6.45) is 1.09. The molecule has 2 aromatic heterocycles. The van der Waals surface area contributed by atoms with Crippen LogP contribution in [0.3, 0.4) is 0 Å². The third-order valence-electron chi connectivity index (χ3n) is 3.99. The van der Waals surface area contributed by atoms with Crippen LogP contribution < -0.4 is 4.74 Å². The van der Waals surface area contributed by atoms with Gasteiger partial charge in [0, 0.05) is 17.3 Å². The normalized spacial score (nSPS) is 20.2. The van der Waals surface area contributed by atoms with Crippen LogP contribution in [0.1, 0.15) is 27.2 Å². The first-order chi connectivity index (χ1) is 12.3. The summed E-state index contributed by atoms with van der Waals surface area (Å²) in [5.41, 5.74) is -0.652. The van der Waals surface area contributed by atoms with Crippen molar-refractivity contribution < 1.29 is 23.8 Å². The molecule has 8 heteroatoms. The quantitative estimate of drug-likeness (QED) is 0.763. The van der Waals surface area contributed by atoms with Crippen molar-refractivity contribution in [2.75, 3.05) is 13.7 Å². The lowest BCUT2D eigenvalue weighted by Gasteiger charge is -2.27. The lowest BCUT2D eigenvalue weighted by atomic mass is 10.2. The maximum Gasteiger partial charge on any atom is 0.411 e. The predicted molar refractivity (Wildman–Crippen MR) is 97.4 cm³/mol. The highest BCUT2D eigenvalue weighted by Crippen LogP contribution is 2.31. The van der Waals surface area contributed by atoms with E-state index in [9.17, 15) is 9.59 Å². The summed E-state index contributed by atoms with van der Waals surface area (Å²) < 4.78 is 17.3. The number of aromatic nitrogens is 1. The zero-order valence-electron chi connectivity index (χ0n) is 15.2. The van der Waals surface area contributed by atoms with Crippen molar-refractivity contribution in [3.05, 3.63) is 23.7 Å². The molecule has 0 aromatic carbocycles. The molecule has 26 heavy (non-hydrogen) atoms. The fraction of sp³-hybridized carbons (Fsp3) is 0.500. The van der Waals surface area contributed by atoms with E-state index in [0.29, 0.717) is 12.3 Å². The molecule has 1 saturated heterocycles. The number of likely N-dealkylation sites (tertiary alicyclic amines) is 1. The van der Waals surface area contributed by atoms with Crippen LogP contribution in [-0.4, -0.2) is 53.3 Å². The Morgan fingerprint density at radius 3 is 2.77 bits per heavy atom. The van der Waals surface area contributed by atoms with Crippen LogP contribution in [0.25, 0.3) is 10.1 Å². The molecule has 0 aliphatic carbocycles. The molecule has 2 aromatic rings. The molecule has 3 heterocycles. The number of hydrogen-bond donors (Lipinski definition) is 0. The number of rotatable bonds is 3. The standard InChI is InChI=1S/C18H22N2O5S/c1-18(2,3)25-17(22)20-10-11(9-13(20)16(21)23-4)24-15-12-6-8-26-14(12)5-7-19-15/h5-8,11,13H,9-10H2,1-4H3/t11-,13+/m1/s1. The van der Waals surface area contributed by atoms with Crippen LogP contribution in [-0.2, 0) is 14.3 Å². The van der Waals surface area contributed by atoms with Gasteiger partial charge in [-0.05, 0) is 38.3 Å². The summed E-state index contributed by atoms with van der Waals surface area (Å²) in [6, 6.07) is 3.13. The number of carbonyl (C=O) groups is 2. The van der Waals surface area contributed by atoms with Gasteiger partial charge in [0.25, 0.3) is 0 Å². The molecule has 0 spiro atoms. The molecule has 2 atom stereocenters. The van der Waals surface area contributed by atoms with Gasteiger partial charge in [0.15, 0.2) is 0 Å². The number of esters is 1. The molecule has 0 N–H and O–H groups in total. The summed E-state index contributed by atoms with van der Waals surface area (Å²) in [4.78, 5) is 30.3. The van der Waals surface area contributed by atoms with Crippen LogP contribution in [0.5, 0.6) is 5.88 Å². The van der Waals surface area contributed by atoms with Crippen molar-refractivity contribution in [2.24, 2.45) is 0 Å². The molecule has 1 aliphatic rings. The summed E-state index contributed by atoms with van der Waals surface area (Å²) in [5, 5.41) is 2.89. The summed E-state index contributed by atoms with van der Waals surface area (Å²) >= 11 is 1.60. The van der Waals surface area contributed by atoms with Crippen LogP contribution >= 0.6 is 11.3 Å². The van der Waals surface area contributed by atoms with E-state index >= 15 is 0 Å². The van der Waals surface area contributed by atoms with Crippen molar-refractivity contribution in [1.82, 2.24) is 9.88 Å². The van der Waals surface area contributed by atoms with Crippen LogP contribution in [0, 0.1) is 0 Å². The number of methoxy groups -OCH3 is 1. The van der Waals surface area contributed by atoms with Crippen LogP contribution in [0.2, 0.25) is 0 Å². The number of thiophene rings is 1. The molecule has 3 rings (SSSR count). The summed E-state index contributed by atoms with van der Waals surface area (Å²) in [6.45, 7) is 5.58. The van der Waals surface area contributed by atoms with Crippen molar-refractivity contribution in [3.63, 3.8) is 0 Å². The first kappa shape index (κ1) is 18.4. The highest BCUT2D eigenvalue weighted by Gasteiger charge is 2.43. The largest absolute Gasteiger partial charge is 0.472 e. The second-order valence-electron chi connectivity index (χ2n) is 7.10. The third kappa shape index (κ3) is 3.90. The van der Waals surface area contributed by atoms with E-state index in [2.05, 4.69) is 4.98 Å². The SMILES string of the molecule is COC(=O)[C@@H]1C[C@@H](Oc2nccc3sccc23)CN1C(=O)OC(C)(C)C. The minimum atomic E-state index is -0.735. The lowest BCUT2D eigenvalue weighted by Crippen LogP contribution is -2.44. The van der Waals surface area contributed by atoms with E-state index in [1.807, 2.05) is 17.5 Å². The Morgan fingerprint density at radius 1 is 1.31 bits per heavy atom. The van der Waals surface area contributed by atoms with Crippen molar-refractivity contribution in [3.8, 4) is 5.88 Å². The number of nitrogens with zero attached hydrogens (tertiary/aromatic N) is 2. The molecule has 0 bridgehead atoms. The van der Waals surface area contributed by atoms with Gasteiger partial charge in [0.1, 0.15) is 17.7 Å². The number of amides is 1. The Bertz CT molecular complexity index is 813. The predicted octanol–water partition coefficient (Wildman–Crippen LogP) is 3.23. The zero-order valence-corrected chi connectivity index (χ0v) is 16.0. The number of pyridine rings is 1. The Hall–Kier alpha value is -2.35. The molecule has 0 saturated carbocycles. The second kappa shape index (κ2) is 7.11. The summed E-state index contributed by atoms with van der Waals surface area (Å²) in [7, 11) is 1.30. The van der Waals surface area contributed by atoms with Gasteiger partial charge in [-0.2, -0.15) is 0 Å². The van der Waals surface area contributed by atoms with Gasteiger partial charge >= 0.3 is 12.1 Å². The van der Waals surface area contributed by atoms with Crippen molar-refractivity contribution >= 4 is 33.5 Å². The maximum atomic E-state index is 12.5. The summed E-state index contributed by atoms with van der Waals surface area (Å²) in [5.74, 6) is 0.0204. The van der Waals surface area contributed by atoms with Crippen LogP contribution in [0.15, 0.2) is 23.7 Å². The fourth-order valence-electron chi connectivity index (χ4n) is 2.89. The van der Waals surface area contributed by atoms with E-state index in [0.717, 1.165) is 10.1 Å². The van der Waals surface area contributed by atoms with Crippen molar-refractivity contribution in [2.45, 2.75) is 44.9 Å². The smallest absolute Gasteiger partial charge is 0.411 e. The topological polar surface area (TPSA) is 78.0 Å². The van der Waals surface area contributed by atoms with Gasteiger partial charge in [-0.15, -0.1) is 11.3 Å². The molecular formula is C18H22N2O5S. The number of hydrogen-bond acceptors (Lipinski definition) is 7. The zero-order chi connectivity index (χ0) is 18.9. The van der Waals surface area contributed by atoms with Gasteiger partial charge in [0.2, 0.25) is 5.88 Å². The minimum absolute atomic E-state index is 0.233. The Morgan fingerprint density at radius 2 is 2.08 bits per heavy atom. The maximum absolute atomic E-state index is 12.5. The third-order valence-corrected chi connectivity index (χ3v) is 4.87. The monoisotopic (exact) mass is 378 g/mol. The molecule has 0 radical (unpaired) electrons. The highest BCUT2D eigenvalue weighted by atomic mass is 32.1. The Labute approximate surface area is 155 Å². The number of carbonyl (C=O) groups excluding carboxylic acids is 2. The molecular weight excluding hydrogens is 356 g/mol. The molecule has 140 valence electrons. The van der Waals surface area contributed by atoms with Gasteiger partial charge in [-0.3, -0.25) is 4.90 Å². The molecule has 1 amide bonds. The van der Waals surface area contributed by atoms with Gasteiger partial charge in [0.05, 0.1) is 19.0 Å². The molecule has 1 fully saturated rings. The average molecular weight is 378 g/mol. The highest BCUT2D eigenvalue weighted by molar-refractivity contribution is 7.17. The van der Waals surface area contributed by atoms with Gasteiger partial charge in [-0.1, -0.05) is 0 Å². The first-order valence-electron chi connectivity index (χ1n) is 8.35. The minimum Gasteiger partial charge on any atom is -0.472 e. The number of fused-ring (bicyclic) bond motifs is 1. The van der Waals surface area contributed by atoms with E-state index in [-0.39, 0.29) is 12.6 Å². The Balaban J connectivity index is 1.78. The van der Waals surface area contributed by atoms with E-state index in [1.54, 1.807) is 38.3 Å².